The summed E-state index contributed by atoms with van der Waals surface area (Å²) in [4.78, 5) is 70.2. The van der Waals surface area contributed by atoms with E-state index in [0.717, 1.165) is 17.4 Å². The van der Waals surface area contributed by atoms with Crippen LogP contribution in [0.5, 0.6) is 0 Å². The van der Waals surface area contributed by atoms with Gasteiger partial charge in [0.05, 0.1) is 16.2 Å². The Balaban J connectivity index is 1.53. The van der Waals surface area contributed by atoms with E-state index in [2.05, 4.69) is 15.5 Å². The van der Waals surface area contributed by atoms with Crippen LogP contribution in [-0.2, 0) is 0 Å². The zero-order chi connectivity index (χ0) is 30.7. The summed E-state index contributed by atoms with van der Waals surface area (Å²) in [5, 5.41) is 18.3. The zero-order valence-electron chi connectivity index (χ0n) is 23.8. The first-order valence-electron chi connectivity index (χ1n) is 14.1. The predicted octanol–water partition coefficient (Wildman–Crippen LogP) is 1.60. The third kappa shape index (κ3) is 6.09. The van der Waals surface area contributed by atoms with Gasteiger partial charge in [-0.15, -0.1) is 0 Å². The van der Waals surface area contributed by atoms with Crippen LogP contribution in [0.1, 0.15) is 47.9 Å². The van der Waals surface area contributed by atoms with Crippen molar-refractivity contribution in [2.75, 3.05) is 64.3 Å². The minimum absolute atomic E-state index is 0.00949. The summed E-state index contributed by atoms with van der Waals surface area (Å²) in [7, 11) is 1.96. The number of benzene rings is 3. The highest BCUT2D eigenvalue weighted by Gasteiger charge is 2.36. The molecule has 0 atom stereocenters. The fourth-order valence-corrected chi connectivity index (χ4v) is 5.34. The average Bonchev–Trinajstić information content (AvgIpc) is 3.01. The van der Waals surface area contributed by atoms with Crippen molar-refractivity contribution in [3.05, 3.63) is 80.9 Å². The lowest BCUT2D eigenvalue weighted by atomic mass is 9.92. The van der Waals surface area contributed by atoms with E-state index in [9.17, 15) is 29.3 Å². The predicted molar refractivity (Wildman–Crippen MR) is 160 cm³/mol. The Morgan fingerprint density at radius 2 is 1.65 bits per heavy atom. The van der Waals surface area contributed by atoms with E-state index in [-0.39, 0.29) is 39.5 Å². The molecular formula is C30H33N7O6. The number of imide groups is 1. The van der Waals surface area contributed by atoms with Gasteiger partial charge in [0.1, 0.15) is 0 Å². The number of nitro benzene ring substituents is 1. The largest absolute Gasteiger partial charge is 0.351 e. The molecule has 224 valence electrons. The molecule has 1 saturated heterocycles. The van der Waals surface area contributed by atoms with Crippen LogP contribution in [0.4, 0.5) is 11.4 Å². The lowest BCUT2D eigenvalue weighted by Crippen LogP contribution is -2.47. The number of non-ortho nitro benzene ring substituents is 1. The molecule has 4 N–H and O–H groups in total. The van der Waals surface area contributed by atoms with Gasteiger partial charge >= 0.3 is 0 Å². The summed E-state index contributed by atoms with van der Waals surface area (Å²) >= 11 is 0. The number of nitrogens with zero attached hydrogens (tertiary/aromatic N) is 4. The van der Waals surface area contributed by atoms with E-state index in [4.69, 9.17) is 5.73 Å². The van der Waals surface area contributed by atoms with Crippen molar-refractivity contribution in [1.29, 1.82) is 0 Å². The maximum Gasteiger partial charge on any atom is 0.270 e. The number of carbonyl (C=O) groups is 4. The van der Waals surface area contributed by atoms with Crippen LogP contribution in [-0.4, -0.2) is 97.8 Å². The number of anilines is 1. The number of carbonyl (C=O) groups excluding carboxylic acids is 4. The number of likely N-dealkylation sites (N-methyl/N-ethyl adjacent to an activating group) is 1. The monoisotopic (exact) mass is 587 g/mol. The van der Waals surface area contributed by atoms with Crippen LogP contribution in [0, 0.1) is 10.1 Å². The van der Waals surface area contributed by atoms with Gasteiger partial charge in [-0.05, 0) is 56.2 Å². The van der Waals surface area contributed by atoms with E-state index < -0.39 is 22.6 Å². The highest BCUT2D eigenvalue weighted by atomic mass is 16.6. The molecule has 5 rings (SSSR count). The highest BCUT2D eigenvalue weighted by Crippen LogP contribution is 2.36. The number of rotatable bonds is 10. The lowest BCUT2D eigenvalue weighted by molar-refractivity contribution is -0.384. The van der Waals surface area contributed by atoms with E-state index in [1.165, 1.54) is 24.3 Å². The first-order chi connectivity index (χ1) is 20.7. The number of nitrogens with one attached hydrogen (secondary N) is 2. The second-order valence-electron chi connectivity index (χ2n) is 10.6. The Kier molecular flexibility index (Phi) is 8.76. The first-order valence-corrected chi connectivity index (χ1v) is 14.1. The topological polar surface area (TPSA) is 171 Å². The summed E-state index contributed by atoms with van der Waals surface area (Å²) in [6, 6.07) is 11.5. The van der Waals surface area contributed by atoms with Gasteiger partial charge in [0.25, 0.3) is 29.3 Å². The van der Waals surface area contributed by atoms with Crippen molar-refractivity contribution in [3.63, 3.8) is 0 Å². The van der Waals surface area contributed by atoms with Gasteiger partial charge in [0.2, 0.25) is 0 Å². The Labute approximate surface area is 247 Å². The van der Waals surface area contributed by atoms with Gasteiger partial charge in [0, 0.05) is 73.5 Å². The van der Waals surface area contributed by atoms with E-state index in [1.807, 2.05) is 7.05 Å². The summed E-state index contributed by atoms with van der Waals surface area (Å²) in [6.45, 7) is 4.38. The molecule has 4 amide bonds. The number of nitrogens with two attached hydrogens (primary N) is 1. The van der Waals surface area contributed by atoms with E-state index in [1.54, 1.807) is 23.1 Å². The Bertz CT molecular complexity index is 1620. The third-order valence-corrected chi connectivity index (χ3v) is 7.66. The molecule has 13 heteroatoms. The van der Waals surface area contributed by atoms with Crippen LogP contribution in [0.15, 0.2) is 48.5 Å². The maximum absolute atomic E-state index is 13.9. The van der Waals surface area contributed by atoms with E-state index in [0.29, 0.717) is 63.1 Å². The van der Waals surface area contributed by atoms with Crippen LogP contribution in [0.25, 0.3) is 10.8 Å². The van der Waals surface area contributed by atoms with Crippen LogP contribution in [0.3, 0.4) is 0 Å². The molecular weight excluding hydrogens is 554 g/mol. The fourth-order valence-electron chi connectivity index (χ4n) is 5.34. The molecule has 1 fully saturated rings. The highest BCUT2D eigenvalue weighted by molar-refractivity contribution is 6.36. The summed E-state index contributed by atoms with van der Waals surface area (Å²) in [5.74, 6) is -2.25. The van der Waals surface area contributed by atoms with Gasteiger partial charge in [-0.3, -0.25) is 29.3 Å². The van der Waals surface area contributed by atoms with E-state index >= 15 is 0 Å². The molecule has 0 spiro atoms. The molecule has 13 nitrogen and oxygen atoms in total. The zero-order valence-corrected chi connectivity index (χ0v) is 23.8. The Morgan fingerprint density at radius 1 is 0.930 bits per heavy atom. The normalized spacial score (nSPS) is 15.2. The molecule has 43 heavy (non-hydrogen) atoms. The maximum atomic E-state index is 13.9. The molecule has 0 radical (unpaired) electrons. The lowest BCUT2D eigenvalue weighted by Gasteiger charge is -2.33. The molecule has 0 saturated carbocycles. The SMILES string of the molecule is CN1CCN(C(=O)c2cc(C(=O)NCCNCCCN)cc(N3C(=O)c4cccc5cc([N+](=O)[O-])cc(c45)C3=O)c2)CC1. The minimum Gasteiger partial charge on any atom is -0.351 e. The van der Waals surface area contributed by atoms with Crippen molar-refractivity contribution in [2.24, 2.45) is 5.73 Å². The van der Waals surface area contributed by atoms with Gasteiger partial charge in [-0.25, -0.2) is 4.90 Å². The standard InChI is InChI=1S/C30H33N7O6/c1-34-10-12-35(13-11-34)28(39)21-14-20(27(38)33-9-8-32-7-3-6-31)16-22(17-21)36-29(40)24-5-2-4-19-15-23(37(42)43)18-25(26(19)24)30(36)41/h2,4-5,14-18,32H,3,6-13,31H2,1H3,(H,33,38). The number of hydrogen-bond donors (Lipinski definition) is 3. The quantitative estimate of drug-likeness (QED) is 0.138. The second-order valence-corrected chi connectivity index (χ2v) is 10.6. The molecule has 2 aliphatic heterocycles. The molecule has 0 unspecified atom stereocenters. The van der Waals surface area contributed by atoms with Gasteiger partial charge < -0.3 is 26.2 Å². The average molecular weight is 588 g/mol. The number of nitro groups is 1. The smallest absolute Gasteiger partial charge is 0.270 e. The van der Waals surface area contributed by atoms with Gasteiger partial charge in [-0.2, -0.15) is 0 Å². The number of hydrogen-bond acceptors (Lipinski definition) is 9. The van der Waals surface area contributed by atoms with Crippen molar-refractivity contribution >= 4 is 45.8 Å². The van der Waals surface area contributed by atoms with Crippen LogP contribution in [0.2, 0.25) is 0 Å². The Hall–Kier alpha value is -4.72. The molecule has 0 bridgehead atoms. The van der Waals surface area contributed by atoms with Crippen LogP contribution >= 0.6 is 0 Å². The molecule has 0 aromatic heterocycles. The summed E-state index contributed by atoms with van der Waals surface area (Å²) in [6.07, 6.45) is 0.797. The van der Waals surface area contributed by atoms with Crippen molar-refractivity contribution in [3.8, 4) is 0 Å². The number of piperazine rings is 1. The third-order valence-electron chi connectivity index (χ3n) is 7.66. The Morgan fingerprint density at radius 3 is 2.37 bits per heavy atom. The summed E-state index contributed by atoms with van der Waals surface area (Å²) in [5.41, 5.74) is 5.66. The molecule has 3 aromatic rings. The second kappa shape index (κ2) is 12.7. The van der Waals surface area contributed by atoms with Crippen molar-refractivity contribution in [1.82, 2.24) is 20.4 Å². The van der Waals surface area contributed by atoms with Crippen molar-refractivity contribution in [2.45, 2.75) is 6.42 Å². The number of amides is 4. The molecule has 3 aromatic carbocycles. The fraction of sp³-hybridized carbons (Fsp3) is 0.333. The van der Waals surface area contributed by atoms with Crippen molar-refractivity contribution < 1.29 is 24.1 Å². The first kappa shape index (κ1) is 29.8. The minimum atomic E-state index is -0.781. The van der Waals surface area contributed by atoms with Gasteiger partial charge in [-0.1, -0.05) is 12.1 Å². The molecule has 0 aliphatic carbocycles. The molecule has 2 aliphatic rings. The van der Waals surface area contributed by atoms with Crippen LogP contribution < -0.4 is 21.3 Å². The summed E-state index contributed by atoms with van der Waals surface area (Å²) < 4.78 is 0. The molecule has 2 heterocycles. The van der Waals surface area contributed by atoms with Gasteiger partial charge in [0.15, 0.2) is 0 Å².